The predicted molar refractivity (Wildman–Crippen MR) is 70.4 cm³/mol. The first kappa shape index (κ1) is 11.8. The molecule has 2 rings (SSSR count). The summed E-state index contributed by atoms with van der Waals surface area (Å²) >= 11 is 3.59. The minimum Gasteiger partial charge on any atom is -0.230 e. The van der Waals surface area contributed by atoms with Crippen molar-refractivity contribution in [3.63, 3.8) is 0 Å². The van der Waals surface area contributed by atoms with E-state index in [9.17, 15) is 0 Å². The van der Waals surface area contributed by atoms with Gasteiger partial charge in [0.2, 0.25) is 0 Å². The number of nitrogens with zero attached hydrogens (tertiary/aromatic N) is 2. The fourth-order valence-electron chi connectivity index (χ4n) is 2.09. The Morgan fingerprint density at radius 3 is 2.75 bits per heavy atom. The summed E-state index contributed by atoms with van der Waals surface area (Å²) in [6.07, 6.45) is 3.25. The molecule has 16 heavy (non-hydrogen) atoms. The first-order chi connectivity index (χ1) is 7.46. The number of hydrogen-bond donors (Lipinski definition) is 0. The highest BCUT2D eigenvalue weighted by molar-refractivity contribution is 9.10. The van der Waals surface area contributed by atoms with Gasteiger partial charge in [0.1, 0.15) is 11.9 Å². The molecular formula is C13H18BrN2+. The summed E-state index contributed by atoms with van der Waals surface area (Å²) in [7, 11) is 0. The average Bonchev–Trinajstić information content (AvgIpc) is 2.41. The molecule has 0 spiro atoms. The summed E-state index contributed by atoms with van der Waals surface area (Å²) in [5.41, 5.74) is 2.59. The Labute approximate surface area is 106 Å². The monoisotopic (exact) mass is 281 g/mol. The molecule has 2 heterocycles. The average molecular weight is 282 g/mol. The number of aromatic nitrogens is 1. The maximum Gasteiger partial charge on any atom is 0.327 e. The number of aryl methyl sites for hydroxylation is 1. The predicted octanol–water partition coefficient (Wildman–Crippen LogP) is 3.53. The largest absolute Gasteiger partial charge is 0.327 e. The van der Waals surface area contributed by atoms with Crippen molar-refractivity contribution in [3.05, 3.63) is 22.3 Å². The molecule has 86 valence electrons. The van der Waals surface area contributed by atoms with Crippen molar-refractivity contribution < 1.29 is 4.57 Å². The van der Waals surface area contributed by atoms with E-state index in [0.29, 0.717) is 0 Å². The van der Waals surface area contributed by atoms with Crippen LogP contribution in [0.15, 0.2) is 21.7 Å². The van der Waals surface area contributed by atoms with Gasteiger partial charge in [-0.15, -0.1) is 0 Å². The second-order valence-corrected chi connectivity index (χ2v) is 5.83. The van der Waals surface area contributed by atoms with Crippen molar-refractivity contribution in [2.24, 2.45) is 4.99 Å². The van der Waals surface area contributed by atoms with Gasteiger partial charge in [0.15, 0.2) is 0 Å². The van der Waals surface area contributed by atoms with Gasteiger partial charge in [-0.05, 0) is 54.2 Å². The highest BCUT2D eigenvalue weighted by Crippen LogP contribution is 2.38. The van der Waals surface area contributed by atoms with Crippen molar-refractivity contribution in [1.29, 1.82) is 0 Å². The van der Waals surface area contributed by atoms with Crippen molar-refractivity contribution in [2.75, 3.05) is 0 Å². The first-order valence-corrected chi connectivity index (χ1v) is 6.55. The van der Waals surface area contributed by atoms with Crippen LogP contribution in [0.5, 0.6) is 0 Å². The molecule has 0 amide bonds. The Hall–Kier alpha value is -0.700. The number of rotatable bonds is 2. The SMILES string of the molecule is CCC[n+]1cc(Br)cc2c1N=C(C)C2(C)C. The summed E-state index contributed by atoms with van der Waals surface area (Å²) in [5.74, 6) is 1.13. The molecule has 1 aliphatic rings. The molecular weight excluding hydrogens is 264 g/mol. The van der Waals surface area contributed by atoms with E-state index in [0.717, 1.165) is 23.3 Å². The molecule has 0 atom stereocenters. The maximum atomic E-state index is 4.72. The van der Waals surface area contributed by atoms with Crippen LogP contribution in [0.2, 0.25) is 0 Å². The van der Waals surface area contributed by atoms with Crippen LogP contribution in [0, 0.1) is 0 Å². The topological polar surface area (TPSA) is 16.2 Å². The second-order valence-electron chi connectivity index (χ2n) is 4.91. The molecule has 0 aliphatic carbocycles. The zero-order chi connectivity index (χ0) is 11.9. The lowest BCUT2D eigenvalue weighted by molar-refractivity contribution is -0.684. The molecule has 0 radical (unpaired) electrons. The van der Waals surface area contributed by atoms with Crippen molar-refractivity contribution >= 4 is 27.5 Å². The van der Waals surface area contributed by atoms with E-state index in [1.54, 1.807) is 0 Å². The number of fused-ring (bicyclic) bond motifs is 1. The second kappa shape index (κ2) is 3.95. The lowest BCUT2D eigenvalue weighted by atomic mass is 9.83. The maximum absolute atomic E-state index is 4.72. The van der Waals surface area contributed by atoms with Crippen LogP contribution in [0.3, 0.4) is 0 Å². The van der Waals surface area contributed by atoms with E-state index in [1.807, 2.05) is 0 Å². The van der Waals surface area contributed by atoms with Crippen LogP contribution in [0.25, 0.3) is 0 Å². The molecule has 2 nitrogen and oxygen atoms in total. The van der Waals surface area contributed by atoms with Crippen molar-refractivity contribution in [2.45, 2.75) is 46.1 Å². The number of pyridine rings is 1. The van der Waals surface area contributed by atoms with Crippen LogP contribution in [0.1, 0.15) is 39.7 Å². The Morgan fingerprint density at radius 2 is 2.12 bits per heavy atom. The summed E-state index contributed by atoms with van der Waals surface area (Å²) in [6, 6.07) is 2.20. The quantitative estimate of drug-likeness (QED) is 0.738. The van der Waals surface area contributed by atoms with Gasteiger partial charge in [-0.2, -0.15) is 0 Å². The number of hydrogen-bond acceptors (Lipinski definition) is 1. The summed E-state index contributed by atoms with van der Waals surface area (Å²) < 4.78 is 3.38. The van der Waals surface area contributed by atoms with E-state index >= 15 is 0 Å². The van der Waals surface area contributed by atoms with Crippen LogP contribution >= 0.6 is 15.9 Å². The minimum atomic E-state index is 0.0641. The first-order valence-electron chi connectivity index (χ1n) is 5.76. The Balaban J connectivity index is 2.62. The minimum absolute atomic E-state index is 0.0641. The molecule has 0 N–H and O–H groups in total. The molecule has 1 aromatic rings. The lowest BCUT2D eigenvalue weighted by Crippen LogP contribution is -2.35. The molecule has 1 aliphatic heterocycles. The van der Waals surface area contributed by atoms with Crippen LogP contribution < -0.4 is 4.57 Å². The third-order valence-corrected chi connectivity index (χ3v) is 3.82. The van der Waals surface area contributed by atoms with Gasteiger partial charge in [0.05, 0.1) is 22.0 Å². The third kappa shape index (κ3) is 1.71. The third-order valence-electron chi connectivity index (χ3n) is 3.39. The zero-order valence-electron chi connectivity index (χ0n) is 10.3. The molecule has 0 unspecified atom stereocenters. The van der Waals surface area contributed by atoms with Gasteiger partial charge in [-0.3, -0.25) is 0 Å². The summed E-state index contributed by atoms with van der Waals surface area (Å²) in [5, 5.41) is 0. The van der Waals surface area contributed by atoms with Gasteiger partial charge in [-0.25, -0.2) is 4.57 Å². The highest BCUT2D eigenvalue weighted by atomic mass is 79.9. The van der Waals surface area contributed by atoms with Crippen molar-refractivity contribution in [1.82, 2.24) is 0 Å². The number of halogens is 1. The molecule has 3 heteroatoms. The highest BCUT2D eigenvalue weighted by Gasteiger charge is 2.40. The number of aliphatic imine (C=N–C) groups is 1. The molecule has 0 aromatic carbocycles. The van der Waals surface area contributed by atoms with Crippen molar-refractivity contribution in [3.8, 4) is 0 Å². The summed E-state index contributed by atoms with van der Waals surface area (Å²) in [4.78, 5) is 4.72. The molecule has 0 bridgehead atoms. The lowest BCUT2D eigenvalue weighted by Gasteiger charge is -2.16. The fourth-order valence-corrected chi connectivity index (χ4v) is 2.57. The van der Waals surface area contributed by atoms with E-state index in [1.165, 1.54) is 11.3 Å². The Kier molecular flexibility index (Phi) is 2.91. The smallest absolute Gasteiger partial charge is 0.230 e. The molecule has 0 saturated carbocycles. The Morgan fingerprint density at radius 1 is 1.44 bits per heavy atom. The van der Waals surface area contributed by atoms with Gasteiger partial charge in [-0.1, -0.05) is 6.92 Å². The van der Waals surface area contributed by atoms with E-state index < -0.39 is 0 Å². The summed E-state index contributed by atoms with van der Waals surface area (Å²) in [6.45, 7) is 9.80. The van der Waals surface area contributed by atoms with Gasteiger partial charge < -0.3 is 0 Å². The Bertz CT molecular complexity index is 461. The standard InChI is InChI=1S/C13H18BrN2/c1-5-6-16-8-10(14)7-11-12(16)15-9(2)13(11,3)4/h7-8H,5-6H2,1-4H3/q+1. The fraction of sp³-hybridized carbons (Fsp3) is 0.538. The van der Waals surface area contributed by atoms with Crippen LogP contribution in [0.4, 0.5) is 5.82 Å². The normalized spacial score (nSPS) is 17.2. The zero-order valence-corrected chi connectivity index (χ0v) is 11.9. The molecule has 0 saturated heterocycles. The van der Waals surface area contributed by atoms with E-state index in [4.69, 9.17) is 4.99 Å². The van der Waals surface area contributed by atoms with E-state index in [2.05, 4.69) is 60.5 Å². The molecule has 1 aromatic heterocycles. The van der Waals surface area contributed by atoms with E-state index in [-0.39, 0.29) is 5.41 Å². The van der Waals surface area contributed by atoms with Gasteiger partial charge in [0.25, 0.3) is 0 Å². The van der Waals surface area contributed by atoms with Gasteiger partial charge >= 0.3 is 5.82 Å². The van der Waals surface area contributed by atoms with Crippen LogP contribution in [-0.4, -0.2) is 5.71 Å². The van der Waals surface area contributed by atoms with Crippen LogP contribution in [-0.2, 0) is 12.0 Å². The molecule has 0 fully saturated rings. The van der Waals surface area contributed by atoms with Gasteiger partial charge in [0, 0.05) is 0 Å².